The number of nitrogens with zero attached hydrogens (tertiary/aromatic N) is 1. The molecule has 8 nitrogen and oxygen atoms in total. The number of sulfonamides is 1. The van der Waals surface area contributed by atoms with Gasteiger partial charge in [-0.05, 0) is 38.5 Å². The maximum Gasteiger partial charge on any atom is 0.326 e. The molecule has 1 heterocycles. The lowest BCUT2D eigenvalue weighted by molar-refractivity contribution is -0.139. The van der Waals surface area contributed by atoms with Crippen LogP contribution in [0.25, 0.3) is 0 Å². The number of methoxy groups -OCH3 is 1. The maximum absolute atomic E-state index is 12.7. The summed E-state index contributed by atoms with van der Waals surface area (Å²) in [6.45, 7) is 4.97. The van der Waals surface area contributed by atoms with Crippen molar-refractivity contribution >= 4 is 16.0 Å². The Hall–Kier alpha value is -2.39. The van der Waals surface area contributed by atoms with Crippen LogP contribution in [0.1, 0.15) is 28.6 Å². The van der Waals surface area contributed by atoms with Crippen molar-refractivity contribution in [2.24, 2.45) is 0 Å². The number of aromatic amines is 1. The Bertz CT molecular complexity index is 854. The highest BCUT2D eigenvalue weighted by Gasteiger charge is 2.32. The van der Waals surface area contributed by atoms with Gasteiger partial charge in [-0.25, -0.2) is 8.42 Å². The predicted molar refractivity (Wildman–Crippen MR) is 86.5 cm³/mol. The number of aromatic nitrogens is 2. The zero-order valence-corrected chi connectivity index (χ0v) is 14.6. The molecular weight excluding hydrogens is 334 g/mol. The van der Waals surface area contributed by atoms with E-state index in [0.717, 1.165) is 0 Å². The summed E-state index contributed by atoms with van der Waals surface area (Å²) in [5.74, 6) is -1.18. The molecule has 0 aliphatic carbocycles. The number of nitrogens with one attached hydrogen (secondary N) is 2. The van der Waals surface area contributed by atoms with E-state index in [-0.39, 0.29) is 16.2 Å². The van der Waals surface area contributed by atoms with E-state index in [9.17, 15) is 18.3 Å². The average molecular weight is 353 g/mol. The van der Waals surface area contributed by atoms with Crippen molar-refractivity contribution in [1.29, 1.82) is 0 Å². The van der Waals surface area contributed by atoms with Gasteiger partial charge in [-0.1, -0.05) is 6.07 Å². The first kappa shape index (κ1) is 18.0. The second-order valence-corrected chi connectivity index (χ2v) is 7.08. The molecule has 1 unspecified atom stereocenters. The van der Waals surface area contributed by atoms with E-state index in [1.165, 1.54) is 19.2 Å². The van der Waals surface area contributed by atoms with Crippen molar-refractivity contribution in [3.63, 3.8) is 0 Å². The minimum Gasteiger partial charge on any atom is -0.495 e. The molecule has 24 heavy (non-hydrogen) atoms. The summed E-state index contributed by atoms with van der Waals surface area (Å²) < 4.78 is 32.7. The van der Waals surface area contributed by atoms with Gasteiger partial charge in [0.15, 0.2) is 0 Å². The number of hydrogen-bond acceptors (Lipinski definition) is 5. The number of carbonyl (C=O) groups is 1. The van der Waals surface area contributed by atoms with Gasteiger partial charge in [0, 0.05) is 11.3 Å². The number of hydrogen-bond donors (Lipinski definition) is 3. The van der Waals surface area contributed by atoms with Crippen LogP contribution in [0, 0.1) is 20.8 Å². The van der Waals surface area contributed by atoms with Crippen LogP contribution in [0.5, 0.6) is 5.75 Å². The van der Waals surface area contributed by atoms with Crippen molar-refractivity contribution < 1.29 is 23.1 Å². The van der Waals surface area contributed by atoms with Gasteiger partial charge in [0.2, 0.25) is 10.0 Å². The number of ether oxygens (including phenoxy) is 1. The Morgan fingerprint density at radius 3 is 2.50 bits per heavy atom. The number of carboxylic acids is 1. The molecule has 3 N–H and O–H groups in total. The number of benzene rings is 1. The van der Waals surface area contributed by atoms with Crippen LogP contribution in [0.4, 0.5) is 0 Å². The normalized spacial score (nSPS) is 12.8. The Morgan fingerprint density at radius 1 is 1.33 bits per heavy atom. The molecule has 9 heteroatoms. The van der Waals surface area contributed by atoms with Crippen LogP contribution in [0.3, 0.4) is 0 Å². The van der Waals surface area contributed by atoms with Crippen molar-refractivity contribution in [3.8, 4) is 5.75 Å². The minimum atomic E-state index is -4.13. The zero-order chi connectivity index (χ0) is 18.1. The van der Waals surface area contributed by atoms with Gasteiger partial charge in [0.25, 0.3) is 0 Å². The third kappa shape index (κ3) is 3.41. The highest BCUT2D eigenvalue weighted by atomic mass is 32.2. The van der Waals surface area contributed by atoms with Crippen LogP contribution in [0.15, 0.2) is 23.1 Å². The summed E-state index contributed by atoms with van der Waals surface area (Å²) in [4.78, 5) is 11.5. The van der Waals surface area contributed by atoms with Gasteiger partial charge < -0.3 is 9.84 Å². The van der Waals surface area contributed by atoms with E-state index in [1.54, 1.807) is 26.8 Å². The largest absolute Gasteiger partial charge is 0.495 e. The molecule has 0 fully saturated rings. The summed E-state index contributed by atoms with van der Waals surface area (Å²) >= 11 is 0. The van der Waals surface area contributed by atoms with Crippen LogP contribution in [-0.2, 0) is 14.8 Å². The van der Waals surface area contributed by atoms with Gasteiger partial charge in [-0.2, -0.15) is 9.82 Å². The van der Waals surface area contributed by atoms with E-state index >= 15 is 0 Å². The molecule has 0 amide bonds. The molecule has 0 aliphatic heterocycles. The van der Waals surface area contributed by atoms with Gasteiger partial charge in [0.1, 0.15) is 16.7 Å². The lowest BCUT2D eigenvalue weighted by atomic mass is 10.1. The van der Waals surface area contributed by atoms with E-state index in [0.29, 0.717) is 17.0 Å². The molecule has 130 valence electrons. The van der Waals surface area contributed by atoms with Crippen LogP contribution < -0.4 is 9.46 Å². The SMILES string of the molecule is COc1ccc(C)cc1S(=O)(=O)NC(C(=O)O)c1c(C)n[nH]c1C. The third-order valence-electron chi connectivity index (χ3n) is 3.60. The minimum absolute atomic E-state index is 0.116. The number of H-pyrrole nitrogens is 1. The fraction of sp³-hybridized carbons (Fsp3) is 0.333. The monoisotopic (exact) mass is 353 g/mol. The molecule has 1 aromatic carbocycles. The van der Waals surface area contributed by atoms with E-state index in [1.807, 2.05) is 0 Å². The first-order valence-corrected chi connectivity index (χ1v) is 8.57. The Kier molecular flexibility index (Phi) is 4.95. The van der Waals surface area contributed by atoms with Crippen molar-refractivity contribution in [1.82, 2.24) is 14.9 Å². The quantitative estimate of drug-likeness (QED) is 0.722. The summed E-state index contributed by atoms with van der Waals surface area (Å²) in [7, 11) is -2.78. The van der Waals surface area contributed by atoms with Crippen LogP contribution >= 0.6 is 0 Å². The first-order chi connectivity index (χ1) is 11.2. The van der Waals surface area contributed by atoms with Gasteiger partial charge in [-0.3, -0.25) is 9.89 Å². The molecule has 0 saturated carbocycles. The Morgan fingerprint density at radius 2 is 2.00 bits per heavy atom. The molecule has 1 aromatic heterocycles. The van der Waals surface area contributed by atoms with Gasteiger partial charge in [0.05, 0.1) is 12.8 Å². The van der Waals surface area contributed by atoms with Gasteiger partial charge >= 0.3 is 5.97 Å². The lowest BCUT2D eigenvalue weighted by Gasteiger charge is -2.17. The summed E-state index contributed by atoms with van der Waals surface area (Å²) in [5.41, 5.74) is 1.90. The molecule has 1 atom stereocenters. The number of aryl methyl sites for hydroxylation is 3. The molecule has 0 spiro atoms. The summed E-state index contributed by atoms with van der Waals surface area (Å²) in [5, 5.41) is 16.1. The van der Waals surface area contributed by atoms with Crippen LogP contribution in [-0.4, -0.2) is 36.8 Å². The smallest absolute Gasteiger partial charge is 0.326 e. The number of rotatable bonds is 6. The molecule has 2 rings (SSSR count). The predicted octanol–water partition coefficient (Wildman–Crippen LogP) is 1.45. The summed E-state index contributed by atoms with van der Waals surface area (Å²) in [6, 6.07) is 3.19. The highest BCUT2D eigenvalue weighted by Crippen LogP contribution is 2.28. The lowest BCUT2D eigenvalue weighted by Crippen LogP contribution is -2.34. The van der Waals surface area contributed by atoms with Crippen molar-refractivity contribution in [3.05, 3.63) is 40.7 Å². The Labute approximate surface area is 139 Å². The van der Waals surface area contributed by atoms with Gasteiger partial charge in [-0.15, -0.1) is 0 Å². The van der Waals surface area contributed by atoms with Crippen molar-refractivity contribution in [2.75, 3.05) is 7.11 Å². The molecule has 2 aromatic rings. The van der Waals surface area contributed by atoms with Crippen molar-refractivity contribution in [2.45, 2.75) is 31.7 Å². The second kappa shape index (κ2) is 6.62. The highest BCUT2D eigenvalue weighted by molar-refractivity contribution is 7.89. The topological polar surface area (TPSA) is 121 Å². The first-order valence-electron chi connectivity index (χ1n) is 7.08. The maximum atomic E-state index is 12.7. The van der Waals surface area contributed by atoms with Crippen LogP contribution in [0.2, 0.25) is 0 Å². The fourth-order valence-electron chi connectivity index (χ4n) is 2.43. The molecule has 0 aliphatic rings. The summed E-state index contributed by atoms with van der Waals surface area (Å²) in [6.07, 6.45) is 0. The average Bonchev–Trinajstić information content (AvgIpc) is 2.84. The molecule has 0 bridgehead atoms. The zero-order valence-electron chi connectivity index (χ0n) is 13.7. The fourth-order valence-corrected chi connectivity index (χ4v) is 3.84. The molecular formula is C15H19N3O5S. The molecule has 0 radical (unpaired) electrons. The van der Waals surface area contributed by atoms with E-state index in [2.05, 4.69) is 14.9 Å². The van der Waals surface area contributed by atoms with E-state index in [4.69, 9.17) is 4.74 Å². The third-order valence-corrected chi connectivity index (χ3v) is 5.05. The second-order valence-electron chi connectivity index (χ2n) is 5.39. The molecule has 0 saturated heterocycles. The standard InChI is InChI=1S/C15H19N3O5S/c1-8-5-6-11(23-4)12(7-8)24(21,22)18-14(15(19)20)13-9(2)16-17-10(13)3/h5-7,14,18H,1-4H3,(H,16,17)(H,19,20). The Balaban J connectivity index is 2.50. The number of carboxylic acid groups (broad SMARTS) is 1. The van der Waals surface area contributed by atoms with E-state index < -0.39 is 22.0 Å². The number of aliphatic carboxylic acids is 1.